The highest BCUT2D eigenvalue weighted by Crippen LogP contribution is 2.22. The quantitative estimate of drug-likeness (QED) is 0.838. The Morgan fingerprint density at radius 2 is 1.83 bits per heavy atom. The third-order valence-electron chi connectivity index (χ3n) is 4.36. The Balaban J connectivity index is 1.80. The van der Waals surface area contributed by atoms with Crippen molar-refractivity contribution in [3.63, 3.8) is 0 Å². The lowest BCUT2D eigenvalue weighted by atomic mass is 9.93. The average molecular weight is 318 g/mol. The SMILES string of the molecule is CCNC(=O)NC1CCC(OC(=O)c2ccc(C)c(C)c2)CC1. The van der Waals surface area contributed by atoms with Crippen molar-refractivity contribution in [3.05, 3.63) is 34.9 Å². The Kier molecular flexibility index (Phi) is 6.02. The van der Waals surface area contributed by atoms with Crippen molar-refractivity contribution in [2.75, 3.05) is 6.54 Å². The van der Waals surface area contributed by atoms with Crippen LogP contribution in [0.25, 0.3) is 0 Å². The number of carbonyl (C=O) groups excluding carboxylic acids is 2. The van der Waals surface area contributed by atoms with Crippen molar-refractivity contribution in [3.8, 4) is 0 Å². The first-order valence-corrected chi connectivity index (χ1v) is 8.32. The zero-order valence-electron chi connectivity index (χ0n) is 14.1. The summed E-state index contributed by atoms with van der Waals surface area (Å²) in [5, 5.41) is 5.68. The average Bonchev–Trinajstić information content (AvgIpc) is 2.52. The molecule has 1 fully saturated rings. The van der Waals surface area contributed by atoms with E-state index in [2.05, 4.69) is 10.6 Å². The number of amides is 2. The minimum atomic E-state index is -0.256. The zero-order chi connectivity index (χ0) is 16.8. The molecule has 0 aromatic heterocycles. The second kappa shape index (κ2) is 7.99. The van der Waals surface area contributed by atoms with E-state index in [0.717, 1.165) is 31.2 Å². The first-order chi connectivity index (χ1) is 11.0. The molecule has 23 heavy (non-hydrogen) atoms. The van der Waals surface area contributed by atoms with Crippen LogP contribution in [0.4, 0.5) is 4.79 Å². The summed E-state index contributed by atoms with van der Waals surface area (Å²) in [4.78, 5) is 23.7. The van der Waals surface area contributed by atoms with Gasteiger partial charge in [-0.2, -0.15) is 0 Å². The molecule has 1 aromatic rings. The van der Waals surface area contributed by atoms with E-state index in [1.807, 2.05) is 39.0 Å². The molecule has 1 aliphatic rings. The van der Waals surface area contributed by atoms with Gasteiger partial charge in [-0.25, -0.2) is 9.59 Å². The summed E-state index contributed by atoms with van der Waals surface area (Å²) in [7, 11) is 0. The third kappa shape index (κ3) is 4.98. The van der Waals surface area contributed by atoms with E-state index < -0.39 is 0 Å². The summed E-state index contributed by atoms with van der Waals surface area (Å²) in [5.74, 6) is -0.256. The van der Waals surface area contributed by atoms with E-state index in [1.54, 1.807) is 0 Å². The van der Waals surface area contributed by atoms with E-state index in [0.29, 0.717) is 12.1 Å². The van der Waals surface area contributed by atoms with Gasteiger partial charge in [-0.3, -0.25) is 0 Å². The minimum Gasteiger partial charge on any atom is -0.459 e. The molecule has 0 aliphatic heterocycles. The Morgan fingerprint density at radius 3 is 2.43 bits per heavy atom. The Morgan fingerprint density at radius 1 is 1.13 bits per heavy atom. The highest BCUT2D eigenvalue weighted by atomic mass is 16.5. The topological polar surface area (TPSA) is 67.4 Å². The molecule has 0 unspecified atom stereocenters. The van der Waals surface area contributed by atoms with E-state index in [1.165, 1.54) is 5.56 Å². The second-order valence-electron chi connectivity index (χ2n) is 6.18. The first-order valence-electron chi connectivity index (χ1n) is 8.32. The van der Waals surface area contributed by atoms with Crippen LogP contribution < -0.4 is 10.6 Å². The van der Waals surface area contributed by atoms with Crippen LogP contribution in [-0.4, -0.2) is 30.7 Å². The smallest absolute Gasteiger partial charge is 0.338 e. The monoisotopic (exact) mass is 318 g/mol. The predicted molar refractivity (Wildman–Crippen MR) is 89.6 cm³/mol. The van der Waals surface area contributed by atoms with Gasteiger partial charge in [0.1, 0.15) is 6.10 Å². The third-order valence-corrected chi connectivity index (χ3v) is 4.36. The molecule has 1 aliphatic carbocycles. The molecule has 0 radical (unpaired) electrons. The van der Waals surface area contributed by atoms with Crippen LogP contribution in [0.5, 0.6) is 0 Å². The molecule has 0 atom stereocenters. The zero-order valence-corrected chi connectivity index (χ0v) is 14.1. The number of urea groups is 1. The standard InChI is InChI=1S/C18H26N2O3/c1-4-19-18(22)20-15-7-9-16(10-8-15)23-17(21)14-6-5-12(2)13(3)11-14/h5-6,11,15-16H,4,7-10H2,1-3H3,(H2,19,20,22). The lowest BCUT2D eigenvalue weighted by Crippen LogP contribution is -2.44. The van der Waals surface area contributed by atoms with Crippen LogP contribution in [0.15, 0.2) is 18.2 Å². The minimum absolute atomic E-state index is 0.0589. The number of benzene rings is 1. The Hall–Kier alpha value is -2.04. The summed E-state index contributed by atoms with van der Waals surface area (Å²) in [6.45, 7) is 6.52. The van der Waals surface area contributed by atoms with Crippen LogP contribution in [0.1, 0.15) is 54.1 Å². The van der Waals surface area contributed by atoms with Crippen LogP contribution in [0.3, 0.4) is 0 Å². The maximum Gasteiger partial charge on any atom is 0.338 e. The van der Waals surface area contributed by atoms with E-state index in [-0.39, 0.29) is 24.1 Å². The van der Waals surface area contributed by atoms with Gasteiger partial charge in [0.25, 0.3) is 0 Å². The molecule has 5 heteroatoms. The molecule has 1 saturated carbocycles. The van der Waals surface area contributed by atoms with E-state index in [4.69, 9.17) is 4.74 Å². The van der Waals surface area contributed by atoms with Gasteiger partial charge in [-0.05, 0) is 69.7 Å². The van der Waals surface area contributed by atoms with Crippen molar-refractivity contribution in [1.82, 2.24) is 10.6 Å². The van der Waals surface area contributed by atoms with Gasteiger partial charge in [-0.1, -0.05) is 6.07 Å². The van der Waals surface area contributed by atoms with Gasteiger partial charge in [0.2, 0.25) is 0 Å². The van der Waals surface area contributed by atoms with Crippen molar-refractivity contribution < 1.29 is 14.3 Å². The maximum atomic E-state index is 12.2. The largest absolute Gasteiger partial charge is 0.459 e. The number of hydrogen-bond acceptors (Lipinski definition) is 3. The molecule has 2 rings (SSSR count). The fourth-order valence-corrected chi connectivity index (χ4v) is 2.81. The Bertz CT molecular complexity index is 563. The number of ether oxygens (including phenoxy) is 1. The normalized spacial score (nSPS) is 20.7. The van der Waals surface area contributed by atoms with Crippen molar-refractivity contribution in [2.45, 2.75) is 58.6 Å². The fraction of sp³-hybridized carbons (Fsp3) is 0.556. The molecule has 0 spiro atoms. The van der Waals surface area contributed by atoms with Crippen LogP contribution in [0, 0.1) is 13.8 Å². The number of esters is 1. The summed E-state index contributed by atoms with van der Waals surface area (Å²) in [6.07, 6.45) is 3.18. The van der Waals surface area contributed by atoms with Gasteiger partial charge in [0.15, 0.2) is 0 Å². The van der Waals surface area contributed by atoms with Crippen molar-refractivity contribution >= 4 is 12.0 Å². The molecule has 0 heterocycles. The van der Waals surface area contributed by atoms with Crippen molar-refractivity contribution in [2.24, 2.45) is 0 Å². The van der Waals surface area contributed by atoms with Gasteiger partial charge >= 0.3 is 12.0 Å². The van der Waals surface area contributed by atoms with Crippen LogP contribution >= 0.6 is 0 Å². The highest BCUT2D eigenvalue weighted by Gasteiger charge is 2.25. The summed E-state index contributed by atoms with van der Waals surface area (Å²) in [5.41, 5.74) is 2.86. The highest BCUT2D eigenvalue weighted by molar-refractivity contribution is 5.89. The summed E-state index contributed by atoms with van der Waals surface area (Å²) in [6, 6.07) is 5.67. The molecule has 2 amide bonds. The van der Waals surface area contributed by atoms with E-state index in [9.17, 15) is 9.59 Å². The molecule has 2 N–H and O–H groups in total. The molecular weight excluding hydrogens is 292 g/mol. The lowest BCUT2D eigenvalue weighted by Gasteiger charge is -2.29. The number of carbonyl (C=O) groups is 2. The van der Waals surface area contributed by atoms with Gasteiger partial charge in [0, 0.05) is 12.6 Å². The van der Waals surface area contributed by atoms with Gasteiger partial charge in [-0.15, -0.1) is 0 Å². The molecule has 1 aromatic carbocycles. The fourth-order valence-electron chi connectivity index (χ4n) is 2.81. The lowest BCUT2D eigenvalue weighted by molar-refractivity contribution is 0.0188. The molecular formula is C18H26N2O3. The maximum absolute atomic E-state index is 12.2. The van der Waals surface area contributed by atoms with Crippen LogP contribution in [0.2, 0.25) is 0 Å². The van der Waals surface area contributed by atoms with Crippen molar-refractivity contribution in [1.29, 1.82) is 0 Å². The Labute approximate surface area is 137 Å². The second-order valence-corrected chi connectivity index (χ2v) is 6.18. The first kappa shape index (κ1) is 17.3. The molecule has 0 saturated heterocycles. The van der Waals surface area contributed by atoms with Crippen LogP contribution in [-0.2, 0) is 4.74 Å². The summed E-state index contributed by atoms with van der Waals surface area (Å²) < 4.78 is 5.61. The summed E-state index contributed by atoms with van der Waals surface area (Å²) >= 11 is 0. The number of nitrogens with one attached hydrogen (secondary N) is 2. The number of rotatable bonds is 4. The molecule has 5 nitrogen and oxygen atoms in total. The van der Waals surface area contributed by atoms with Gasteiger partial charge in [0.05, 0.1) is 5.56 Å². The number of hydrogen-bond donors (Lipinski definition) is 2. The van der Waals surface area contributed by atoms with E-state index >= 15 is 0 Å². The predicted octanol–water partition coefficient (Wildman–Crippen LogP) is 3.09. The molecule has 126 valence electrons. The number of aryl methyl sites for hydroxylation is 2. The van der Waals surface area contributed by atoms with Gasteiger partial charge < -0.3 is 15.4 Å². The molecule has 0 bridgehead atoms.